The number of fused-ring (bicyclic) bond motifs is 1. The second kappa shape index (κ2) is 8.55. The third-order valence-corrected chi connectivity index (χ3v) is 5.56. The third-order valence-electron chi connectivity index (χ3n) is 4.74. The number of nitrogens with zero attached hydrogens (tertiary/aromatic N) is 3. The van der Waals surface area contributed by atoms with Gasteiger partial charge in [0, 0.05) is 11.8 Å². The molecule has 3 aromatic rings. The van der Waals surface area contributed by atoms with Crippen molar-refractivity contribution < 1.29 is 17.9 Å². The molecule has 0 spiro atoms. The van der Waals surface area contributed by atoms with E-state index >= 15 is 0 Å². The highest BCUT2D eigenvalue weighted by molar-refractivity contribution is 7.99. The van der Waals surface area contributed by atoms with Crippen molar-refractivity contribution in [1.82, 2.24) is 14.6 Å². The molecule has 0 atom stereocenters. The van der Waals surface area contributed by atoms with E-state index < -0.39 is 11.7 Å². The Bertz CT molecular complexity index is 1120. The number of benzene rings is 1. The lowest BCUT2D eigenvalue weighted by atomic mass is 10.1. The van der Waals surface area contributed by atoms with Gasteiger partial charge in [0.05, 0.1) is 11.1 Å². The molecule has 0 N–H and O–H groups in total. The summed E-state index contributed by atoms with van der Waals surface area (Å²) in [6.07, 6.45) is 5.28. The second-order valence-corrected chi connectivity index (χ2v) is 8.01. The van der Waals surface area contributed by atoms with Crippen molar-refractivity contribution in [1.29, 1.82) is 0 Å². The van der Waals surface area contributed by atoms with Crippen LogP contribution < -0.4 is 4.74 Å². The molecule has 0 bridgehead atoms. The molecule has 1 aliphatic carbocycles. The zero-order valence-corrected chi connectivity index (χ0v) is 17.1. The number of allylic oxidation sites excluding steroid dienone is 2. The Balaban J connectivity index is 1.78. The van der Waals surface area contributed by atoms with E-state index in [4.69, 9.17) is 4.74 Å². The molecule has 30 heavy (non-hydrogen) atoms. The van der Waals surface area contributed by atoms with Crippen LogP contribution in [0.15, 0.2) is 65.5 Å². The van der Waals surface area contributed by atoms with Crippen LogP contribution in [0.25, 0.3) is 16.8 Å². The van der Waals surface area contributed by atoms with Crippen LogP contribution in [0, 0.1) is 0 Å². The third kappa shape index (κ3) is 4.23. The summed E-state index contributed by atoms with van der Waals surface area (Å²) in [4.78, 5) is 0. The molecular formula is C22H20F3N3OS. The van der Waals surface area contributed by atoms with E-state index in [9.17, 15) is 13.2 Å². The first-order chi connectivity index (χ1) is 14.5. The number of aromatic nitrogens is 3. The SMILES string of the molecule is CCSc1nnc(-c2ccc(C(F)(F)F)cc2OCC2=CCCC=C2)c2cccn12. The number of alkyl halides is 3. The fourth-order valence-corrected chi connectivity index (χ4v) is 3.96. The summed E-state index contributed by atoms with van der Waals surface area (Å²) in [5, 5.41) is 9.35. The van der Waals surface area contributed by atoms with Gasteiger partial charge in [0.2, 0.25) is 0 Å². The normalized spacial score (nSPS) is 14.2. The largest absolute Gasteiger partial charge is 0.488 e. The van der Waals surface area contributed by atoms with Gasteiger partial charge in [-0.25, -0.2) is 0 Å². The molecule has 0 amide bonds. The van der Waals surface area contributed by atoms with E-state index in [1.807, 2.05) is 47.9 Å². The summed E-state index contributed by atoms with van der Waals surface area (Å²) >= 11 is 1.55. The number of hydrogen-bond donors (Lipinski definition) is 0. The smallest absolute Gasteiger partial charge is 0.416 e. The number of halogens is 3. The van der Waals surface area contributed by atoms with Gasteiger partial charge in [-0.15, -0.1) is 10.2 Å². The number of hydrogen-bond acceptors (Lipinski definition) is 4. The van der Waals surface area contributed by atoms with E-state index in [1.54, 1.807) is 11.8 Å². The summed E-state index contributed by atoms with van der Waals surface area (Å²) in [7, 11) is 0. The van der Waals surface area contributed by atoms with Crippen molar-refractivity contribution in [2.24, 2.45) is 0 Å². The monoisotopic (exact) mass is 431 g/mol. The van der Waals surface area contributed by atoms with Gasteiger partial charge in [-0.05, 0) is 54.5 Å². The van der Waals surface area contributed by atoms with E-state index in [1.165, 1.54) is 6.07 Å². The highest BCUT2D eigenvalue weighted by Crippen LogP contribution is 2.38. The minimum atomic E-state index is -4.46. The van der Waals surface area contributed by atoms with Crippen LogP contribution in [0.2, 0.25) is 0 Å². The first kappa shape index (κ1) is 20.5. The lowest BCUT2D eigenvalue weighted by Gasteiger charge is -2.16. The van der Waals surface area contributed by atoms with Crippen LogP contribution in [-0.2, 0) is 6.18 Å². The summed E-state index contributed by atoms with van der Waals surface area (Å²) < 4.78 is 47.7. The lowest BCUT2D eigenvalue weighted by molar-refractivity contribution is -0.137. The Kier molecular flexibility index (Phi) is 5.85. The molecule has 1 aliphatic rings. The maximum absolute atomic E-state index is 13.3. The van der Waals surface area contributed by atoms with Gasteiger partial charge in [-0.2, -0.15) is 13.2 Å². The number of rotatable bonds is 6. The quantitative estimate of drug-likeness (QED) is 0.437. The van der Waals surface area contributed by atoms with Crippen molar-refractivity contribution in [2.45, 2.75) is 31.1 Å². The van der Waals surface area contributed by atoms with Gasteiger partial charge in [0.25, 0.3) is 0 Å². The molecule has 8 heteroatoms. The summed E-state index contributed by atoms with van der Waals surface area (Å²) in [5.74, 6) is 0.969. The van der Waals surface area contributed by atoms with Crippen LogP contribution in [-0.4, -0.2) is 27.0 Å². The molecule has 2 heterocycles. The number of thioether (sulfide) groups is 1. The molecule has 0 aliphatic heterocycles. The fourth-order valence-electron chi connectivity index (χ4n) is 3.30. The first-order valence-electron chi connectivity index (χ1n) is 9.64. The van der Waals surface area contributed by atoms with Crippen LogP contribution in [0.1, 0.15) is 25.3 Å². The Morgan fingerprint density at radius 2 is 2.03 bits per heavy atom. The summed E-state index contributed by atoms with van der Waals surface area (Å²) in [5.41, 5.74) is 1.91. The minimum absolute atomic E-state index is 0.137. The van der Waals surface area contributed by atoms with Crippen molar-refractivity contribution in [2.75, 3.05) is 12.4 Å². The second-order valence-electron chi connectivity index (χ2n) is 6.78. The van der Waals surface area contributed by atoms with E-state index in [0.29, 0.717) is 11.3 Å². The molecular weight excluding hydrogens is 411 g/mol. The van der Waals surface area contributed by atoms with Crippen LogP contribution >= 0.6 is 11.8 Å². The molecule has 2 aromatic heterocycles. The van der Waals surface area contributed by atoms with Crippen molar-refractivity contribution in [3.8, 4) is 17.0 Å². The molecule has 0 fully saturated rings. The van der Waals surface area contributed by atoms with E-state index in [0.717, 1.165) is 47.0 Å². The molecule has 0 unspecified atom stereocenters. The Labute approximate surface area is 176 Å². The Morgan fingerprint density at radius 1 is 1.17 bits per heavy atom. The number of ether oxygens (including phenoxy) is 1. The maximum Gasteiger partial charge on any atom is 0.416 e. The average Bonchev–Trinajstić information content (AvgIpc) is 3.23. The molecule has 0 saturated carbocycles. The van der Waals surface area contributed by atoms with Gasteiger partial charge in [0.1, 0.15) is 18.1 Å². The van der Waals surface area contributed by atoms with Crippen LogP contribution in [0.3, 0.4) is 0 Å². The Hall–Kier alpha value is -2.74. The van der Waals surface area contributed by atoms with Gasteiger partial charge < -0.3 is 4.74 Å². The zero-order valence-electron chi connectivity index (χ0n) is 16.3. The minimum Gasteiger partial charge on any atom is -0.488 e. The summed E-state index contributed by atoms with van der Waals surface area (Å²) in [6.45, 7) is 2.21. The van der Waals surface area contributed by atoms with Crippen molar-refractivity contribution in [3.63, 3.8) is 0 Å². The topological polar surface area (TPSA) is 39.4 Å². The molecule has 0 radical (unpaired) electrons. The lowest BCUT2D eigenvalue weighted by Crippen LogP contribution is -2.08. The van der Waals surface area contributed by atoms with Gasteiger partial charge in [-0.1, -0.05) is 36.9 Å². The zero-order chi connectivity index (χ0) is 21.1. The maximum atomic E-state index is 13.3. The van der Waals surface area contributed by atoms with Crippen LogP contribution in [0.4, 0.5) is 13.2 Å². The molecule has 0 saturated heterocycles. The van der Waals surface area contributed by atoms with Crippen LogP contribution in [0.5, 0.6) is 5.75 Å². The molecule has 4 nitrogen and oxygen atoms in total. The molecule has 156 valence electrons. The van der Waals surface area contributed by atoms with Gasteiger partial charge >= 0.3 is 6.18 Å². The standard InChI is InChI=1S/C22H20F3N3OS/c1-2-30-21-27-26-20(18-9-6-12-28(18)21)17-11-10-16(22(23,24)25)13-19(17)29-14-15-7-4-3-5-8-15/h4,6-13H,2-3,5,14H2,1H3. The van der Waals surface area contributed by atoms with E-state index in [2.05, 4.69) is 10.2 Å². The average molecular weight is 431 g/mol. The predicted molar refractivity (Wildman–Crippen MR) is 112 cm³/mol. The predicted octanol–water partition coefficient (Wildman–Crippen LogP) is 6.18. The molecule has 4 rings (SSSR count). The first-order valence-corrected chi connectivity index (χ1v) is 10.6. The highest BCUT2D eigenvalue weighted by Gasteiger charge is 2.32. The highest BCUT2D eigenvalue weighted by atomic mass is 32.2. The van der Waals surface area contributed by atoms with Gasteiger partial charge in [-0.3, -0.25) is 4.40 Å². The Morgan fingerprint density at radius 3 is 2.77 bits per heavy atom. The van der Waals surface area contributed by atoms with Crippen molar-refractivity contribution >= 4 is 17.3 Å². The molecule has 1 aromatic carbocycles. The summed E-state index contributed by atoms with van der Waals surface area (Å²) in [6, 6.07) is 7.24. The van der Waals surface area contributed by atoms with Gasteiger partial charge in [0.15, 0.2) is 5.16 Å². The van der Waals surface area contributed by atoms with E-state index in [-0.39, 0.29) is 12.4 Å². The fraction of sp³-hybridized carbons (Fsp3) is 0.273. The van der Waals surface area contributed by atoms with Crippen molar-refractivity contribution in [3.05, 3.63) is 65.9 Å².